The molecule has 0 aliphatic rings. The minimum Gasteiger partial charge on any atom is -0.507 e. The standard InChI is InChI=1S/C18H15NO6S/c20-17-9-15(26(23,24)25)8-13-7-14(5-6-16(13)17)19-10-11-1-3-12(4-2-11)18(21)22/h1-9,19-20H,10H2,(H,21,22)(H,23,24,25). The quantitative estimate of drug-likeness (QED) is 0.507. The first-order valence-corrected chi connectivity index (χ1v) is 8.98. The van der Waals surface area contributed by atoms with Crippen molar-refractivity contribution in [3.63, 3.8) is 0 Å². The third-order valence-corrected chi connectivity index (χ3v) is 4.73. The lowest BCUT2D eigenvalue weighted by Crippen LogP contribution is -2.01. The topological polar surface area (TPSA) is 124 Å². The summed E-state index contributed by atoms with van der Waals surface area (Å²) in [5.41, 5.74) is 1.74. The van der Waals surface area contributed by atoms with Crippen molar-refractivity contribution in [2.75, 3.05) is 5.32 Å². The monoisotopic (exact) mass is 373 g/mol. The third kappa shape index (κ3) is 3.76. The van der Waals surface area contributed by atoms with Gasteiger partial charge in [0.1, 0.15) is 5.75 Å². The van der Waals surface area contributed by atoms with Crippen LogP contribution in [0.5, 0.6) is 5.75 Å². The lowest BCUT2D eigenvalue weighted by Gasteiger charge is -2.10. The normalized spacial score (nSPS) is 11.4. The van der Waals surface area contributed by atoms with Crippen LogP contribution in [0.3, 0.4) is 0 Å². The Bertz CT molecular complexity index is 1090. The van der Waals surface area contributed by atoms with Crippen LogP contribution >= 0.6 is 0 Å². The van der Waals surface area contributed by atoms with E-state index in [-0.39, 0.29) is 16.2 Å². The van der Waals surface area contributed by atoms with Crippen molar-refractivity contribution >= 4 is 32.5 Å². The van der Waals surface area contributed by atoms with E-state index in [9.17, 15) is 18.3 Å². The number of hydrogen-bond donors (Lipinski definition) is 4. The molecule has 0 spiro atoms. The Balaban J connectivity index is 1.85. The molecule has 3 aromatic rings. The first-order chi connectivity index (χ1) is 12.2. The Morgan fingerprint density at radius 2 is 1.69 bits per heavy atom. The van der Waals surface area contributed by atoms with Crippen LogP contribution in [0.2, 0.25) is 0 Å². The van der Waals surface area contributed by atoms with E-state index in [1.165, 1.54) is 18.2 Å². The molecule has 0 bridgehead atoms. The number of phenolic OH excluding ortho intramolecular Hbond substituents is 1. The van der Waals surface area contributed by atoms with Crippen LogP contribution in [-0.2, 0) is 16.7 Å². The van der Waals surface area contributed by atoms with Gasteiger partial charge in [0.15, 0.2) is 0 Å². The average Bonchev–Trinajstić information content (AvgIpc) is 2.59. The van der Waals surface area contributed by atoms with Gasteiger partial charge in [0.2, 0.25) is 0 Å². The molecule has 4 N–H and O–H groups in total. The van der Waals surface area contributed by atoms with E-state index < -0.39 is 16.1 Å². The van der Waals surface area contributed by atoms with Crippen LogP contribution in [0.4, 0.5) is 5.69 Å². The number of aromatic hydroxyl groups is 1. The van der Waals surface area contributed by atoms with Crippen LogP contribution < -0.4 is 5.32 Å². The molecule has 0 saturated heterocycles. The van der Waals surface area contributed by atoms with E-state index in [0.717, 1.165) is 11.6 Å². The fourth-order valence-corrected chi connectivity index (χ4v) is 3.09. The number of carboxylic acid groups (broad SMARTS) is 1. The first-order valence-electron chi connectivity index (χ1n) is 7.54. The molecule has 0 atom stereocenters. The zero-order chi connectivity index (χ0) is 18.9. The third-order valence-electron chi connectivity index (χ3n) is 3.90. The van der Waals surface area contributed by atoms with E-state index >= 15 is 0 Å². The van der Waals surface area contributed by atoms with Gasteiger partial charge in [-0.3, -0.25) is 4.55 Å². The van der Waals surface area contributed by atoms with Crippen LogP contribution in [-0.4, -0.2) is 29.2 Å². The summed E-state index contributed by atoms with van der Waals surface area (Å²) in [4.78, 5) is 10.5. The van der Waals surface area contributed by atoms with Gasteiger partial charge < -0.3 is 15.5 Å². The molecule has 3 aromatic carbocycles. The van der Waals surface area contributed by atoms with Gasteiger partial charge in [0, 0.05) is 23.7 Å². The molecular formula is C18H15NO6S. The molecule has 0 aliphatic heterocycles. The molecule has 0 saturated carbocycles. The summed E-state index contributed by atoms with van der Waals surface area (Å²) in [5, 5.41) is 22.9. The van der Waals surface area contributed by atoms with Crippen LogP contribution in [0, 0.1) is 0 Å². The number of anilines is 1. The summed E-state index contributed by atoms with van der Waals surface area (Å²) < 4.78 is 31.7. The summed E-state index contributed by atoms with van der Waals surface area (Å²) in [7, 11) is -4.42. The van der Waals surface area contributed by atoms with Crippen molar-refractivity contribution in [3.05, 3.63) is 65.7 Å². The van der Waals surface area contributed by atoms with E-state index in [1.54, 1.807) is 30.3 Å². The maximum atomic E-state index is 11.3. The van der Waals surface area contributed by atoms with Crippen molar-refractivity contribution in [2.45, 2.75) is 11.4 Å². The van der Waals surface area contributed by atoms with Gasteiger partial charge in [-0.25, -0.2) is 4.79 Å². The van der Waals surface area contributed by atoms with Crippen molar-refractivity contribution < 1.29 is 28.0 Å². The summed E-state index contributed by atoms with van der Waals surface area (Å²) in [5.74, 6) is -1.24. The summed E-state index contributed by atoms with van der Waals surface area (Å²) in [6, 6.07) is 13.7. The highest BCUT2D eigenvalue weighted by atomic mass is 32.2. The predicted molar refractivity (Wildman–Crippen MR) is 96.2 cm³/mol. The molecule has 0 amide bonds. The fraction of sp³-hybridized carbons (Fsp3) is 0.0556. The molecule has 3 rings (SSSR count). The number of carbonyl (C=O) groups is 1. The van der Waals surface area contributed by atoms with Gasteiger partial charge >= 0.3 is 5.97 Å². The Hall–Kier alpha value is -3.10. The largest absolute Gasteiger partial charge is 0.507 e. The van der Waals surface area contributed by atoms with Crippen molar-refractivity contribution in [2.24, 2.45) is 0 Å². The van der Waals surface area contributed by atoms with Gasteiger partial charge in [-0.05, 0) is 47.3 Å². The molecule has 26 heavy (non-hydrogen) atoms. The maximum Gasteiger partial charge on any atom is 0.335 e. The van der Waals surface area contributed by atoms with Crippen LogP contribution in [0.1, 0.15) is 15.9 Å². The molecule has 0 aliphatic carbocycles. The fourth-order valence-electron chi connectivity index (χ4n) is 2.55. The second-order valence-electron chi connectivity index (χ2n) is 5.71. The number of benzene rings is 3. The number of hydrogen-bond acceptors (Lipinski definition) is 5. The van der Waals surface area contributed by atoms with E-state index in [4.69, 9.17) is 9.66 Å². The number of aromatic carboxylic acids is 1. The lowest BCUT2D eigenvalue weighted by molar-refractivity contribution is 0.0697. The Morgan fingerprint density at radius 1 is 1.00 bits per heavy atom. The second-order valence-corrected chi connectivity index (χ2v) is 7.13. The number of rotatable bonds is 5. The van der Waals surface area contributed by atoms with E-state index in [2.05, 4.69) is 5.32 Å². The molecule has 0 radical (unpaired) electrons. The minimum atomic E-state index is -4.42. The maximum absolute atomic E-state index is 11.3. The molecule has 0 fully saturated rings. The molecule has 7 nitrogen and oxygen atoms in total. The van der Waals surface area contributed by atoms with Crippen molar-refractivity contribution in [1.82, 2.24) is 0 Å². The average molecular weight is 373 g/mol. The Morgan fingerprint density at radius 3 is 2.31 bits per heavy atom. The Kier molecular flexibility index (Phi) is 4.54. The number of carboxylic acids is 1. The van der Waals surface area contributed by atoms with E-state index in [0.29, 0.717) is 23.0 Å². The molecule has 0 heterocycles. The smallest absolute Gasteiger partial charge is 0.335 e. The number of fused-ring (bicyclic) bond motifs is 1. The number of phenols is 1. The zero-order valence-corrected chi connectivity index (χ0v) is 14.2. The molecule has 0 unspecified atom stereocenters. The van der Waals surface area contributed by atoms with Crippen LogP contribution in [0.25, 0.3) is 10.8 Å². The van der Waals surface area contributed by atoms with Gasteiger partial charge in [0.05, 0.1) is 10.5 Å². The van der Waals surface area contributed by atoms with Gasteiger partial charge in [-0.2, -0.15) is 8.42 Å². The molecular weight excluding hydrogens is 358 g/mol. The van der Waals surface area contributed by atoms with Gasteiger partial charge in [-0.15, -0.1) is 0 Å². The van der Waals surface area contributed by atoms with E-state index in [1.807, 2.05) is 0 Å². The van der Waals surface area contributed by atoms with Crippen molar-refractivity contribution in [3.8, 4) is 5.75 Å². The molecule has 134 valence electrons. The van der Waals surface area contributed by atoms with Crippen LogP contribution in [0.15, 0.2) is 59.5 Å². The zero-order valence-electron chi connectivity index (χ0n) is 13.4. The highest BCUT2D eigenvalue weighted by molar-refractivity contribution is 7.85. The summed E-state index contributed by atoms with van der Waals surface area (Å²) >= 11 is 0. The minimum absolute atomic E-state index is 0.202. The number of nitrogens with one attached hydrogen (secondary N) is 1. The summed E-state index contributed by atoms with van der Waals surface area (Å²) in [6.07, 6.45) is 0. The molecule has 0 aromatic heterocycles. The van der Waals surface area contributed by atoms with Gasteiger partial charge in [0.25, 0.3) is 10.1 Å². The molecule has 8 heteroatoms. The summed E-state index contributed by atoms with van der Waals surface area (Å²) in [6.45, 7) is 0.426. The first kappa shape index (κ1) is 17.7. The Labute approximate surface area is 149 Å². The van der Waals surface area contributed by atoms with Gasteiger partial charge in [-0.1, -0.05) is 12.1 Å². The highest BCUT2D eigenvalue weighted by Gasteiger charge is 2.13. The highest BCUT2D eigenvalue weighted by Crippen LogP contribution is 2.30. The SMILES string of the molecule is O=C(O)c1ccc(CNc2ccc3c(O)cc(S(=O)(=O)O)cc3c2)cc1. The predicted octanol–water partition coefficient (Wildman–Crippen LogP) is 3.10. The lowest BCUT2D eigenvalue weighted by atomic mass is 10.1. The van der Waals surface area contributed by atoms with Crippen molar-refractivity contribution in [1.29, 1.82) is 0 Å². The second kappa shape index (κ2) is 6.66.